The summed E-state index contributed by atoms with van der Waals surface area (Å²) in [6.07, 6.45) is 0.806. The maximum atomic E-state index is 11.6. The van der Waals surface area contributed by atoms with Gasteiger partial charge in [-0.25, -0.2) is 4.99 Å². The Hall–Kier alpha value is -2.57. The summed E-state index contributed by atoms with van der Waals surface area (Å²) in [4.78, 5) is 21.1. The zero-order valence-corrected chi connectivity index (χ0v) is 10.6. The highest BCUT2D eigenvalue weighted by Gasteiger charge is 2.24. The Morgan fingerprint density at radius 1 is 1.32 bits per heavy atom. The van der Waals surface area contributed by atoms with Crippen LogP contribution in [0.15, 0.2) is 28.2 Å². The maximum absolute atomic E-state index is 11.6. The lowest BCUT2D eigenvalue weighted by Gasteiger charge is -2.16. The van der Waals surface area contributed by atoms with Crippen molar-refractivity contribution in [2.75, 3.05) is 11.4 Å². The molecule has 1 amide bonds. The van der Waals surface area contributed by atoms with Gasteiger partial charge in [0.15, 0.2) is 5.96 Å². The van der Waals surface area contributed by atoms with Crippen LogP contribution in [0.3, 0.4) is 0 Å². The maximum Gasteiger partial charge on any atom is 0.223 e. The fourth-order valence-electron chi connectivity index (χ4n) is 2.12. The number of amides is 1. The van der Waals surface area contributed by atoms with Crippen molar-refractivity contribution >= 4 is 29.2 Å². The van der Waals surface area contributed by atoms with Crippen LogP contribution in [-0.4, -0.2) is 24.4 Å². The molecule has 0 aliphatic carbocycles. The lowest BCUT2D eigenvalue weighted by molar-refractivity contribution is -0.116. The van der Waals surface area contributed by atoms with Gasteiger partial charge in [0.1, 0.15) is 0 Å². The van der Waals surface area contributed by atoms with E-state index in [-0.39, 0.29) is 17.8 Å². The number of fused-ring (bicyclic) bond motifs is 1. The van der Waals surface area contributed by atoms with Crippen LogP contribution < -0.4 is 22.1 Å². The minimum Gasteiger partial charge on any atom is -0.370 e. The Kier molecular flexibility index (Phi) is 3.37. The van der Waals surface area contributed by atoms with E-state index in [9.17, 15) is 4.79 Å². The number of anilines is 1. The molecule has 0 fully saturated rings. The van der Waals surface area contributed by atoms with Crippen LogP contribution in [0.1, 0.15) is 12.5 Å². The van der Waals surface area contributed by atoms with Gasteiger partial charge in [0.2, 0.25) is 11.9 Å². The van der Waals surface area contributed by atoms with Gasteiger partial charge in [-0.1, -0.05) is 12.1 Å². The lowest BCUT2D eigenvalue weighted by Crippen LogP contribution is -2.27. The Bertz CT molecular complexity index is 574. The molecule has 2 rings (SSSR count). The van der Waals surface area contributed by atoms with Crippen molar-refractivity contribution < 1.29 is 4.79 Å². The average Bonchev–Trinajstić information content (AvgIpc) is 2.72. The van der Waals surface area contributed by atoms with Gasteiger partial charge in [-0.2, -0.15) is 4.99 Å². The first-order chi connectivity index (χ1) is 8.99. The third-order valence-electron chi connectivity index (χ3n) is 2.83. The highest BCUT2D eigenvalue weighted by Crippen LogP contribution is 2.37. The molecule has 0 atom stereocenters. The molecule has 0 spiro atoms. The fraction of sp³-hybridized carbons (Fsp3) is 0.250. The number of hydrogen-bond acceptors (Lipinski definition) is 2. The van der Waals surface area contributed by atoms with Crippen LogP contribution in [0, 0.1) is 0 Å². The van der Waals surface area contributed by atoms with E-state index in [1.807, 2.05) is 12.1 Å². The predicted octanol–water partition coefficient (Wildman–Crippen LogP) is -0.185. The van der Waals surface area contributed by atoms with Crippen molar-refractivity contribution in [2.24, 2.45) is 27.2 Å². The normalized spacial score (nSPS) is 14.2. The van der Waals surface area contributed by atoms with Gasteiger partial charge in [0.05, 0.1) is 11.4 Å². The Labute approximate surface area is 110 Å². The second-order valence-electron chi connectivity index (χ2n) is 4.21. The SMILES string of the molecule is CC(=O)N1CCc2cccc(N=C(N)N=C(N)N)c21. The number of rotatable bonds is 1. The molecule has 7 heteroatoms. The summed E-state index contributed by atoms with van der Waals surface area (Å²) >= 11 is 0. The van der Waals surface area contributed by atoms with Gasteiger partial charge in [-0.15, -0.1) is 0 Å². The molecule has 0 saturated heterocycles. The Morgan fingerprint density at radius 3 is 2.68 bits per heavy atom. The van der Waals surface area contributed by atoms with E-state index in [1.165, 1.54) is 6.92 Å². The zero-order chi connectivity index (χ0) is 14.0. The first-order valence-electron chi connectivity index (χ1n) is 5.83. The molecule has 1 aliphatic heterocycles. The largest absolute Gasteiger partial charge is 0.370 e. The standard InChI is InChI=1S/C12H16N6O/c1-7(19)18-6-5-8-3-2-4-9(10(8)18)16-12(15)17-11(13)14/h2-4H,5-6H2,1H3,(H6,13,14,15,16,17). The van der Waals surface area contributed by atoms with Crippen LogP contribution in [-0.2, 0) is 11.2 Å². The van der Waals surface area contributed by atoms with Gasteiger partial charge in [-0.3, -0.25) is 4.79 Å². The third kappa shape index (κ3) is 2.65. The van der Waals surface area contributed by atoms with E-state index in [1.54, 1.807) is 11.0 Å². The van der Waals surface area contributed by atoms with Crippen LogP contribution in [0.25, 0.3) is 0 Å². The summed E-state index contributed by atoms with van der Waals surface area (Å²) in [7, 11) is 0. The van der Waals surface area contributed by atoms with E-state index in [4.69, 9.17) is 17.2 Å². The molecular formula is C12H16N6O. The molecule has 0 saturated carbocycles. The molecule has 1 heterocycles. The number of carbonyl (C=O) groups excluding carboxylic acids is 1. The second kappa shape index (κ2) is 4.97. The number of guanidine groups is 2. The highest BCUT2D eigenvalue weighted by molar-refractivity contribution is 5.99. The topological polar surface area (TPSA) is 123 Å². The number of carbonyl (C=O) groups is 1. The molecule has 1 aromatic rings. The number of nitrogens with zero attached hydrogens (tertiary/aromatic N) is 3. The van der Waals surface area contributed by atoms with Crippen molar-refractivity contribution in [3.05, 3.63) is 23.8 Å². The minimum atomic E-state index is -0.155. The van der Waals surface area contributed by atoms with Crippen LogP contribution >= 0.6 is 0 Å². The number of benzene rings is 1. The van der Waals surface area contributed by atoms with Gasteiger partial charge >= 0.3 is 0 Å². The van der Waals surface area contributed by atoms with Crippen molar-refractivity contribution in [2.45, 2.75) is 13.3 Å². The molecule has 100 valence electrons. The second-order valence-corrected chi connectivity index (χ2v) is 4.21. The summed E-state index contributed by atoms with van der Waals surface area (Å²) in [5, 5.41) is 0. The molecule has 19 heavy (non-hydrogen) atoms. The van der Waals surface area contributed by atoms with E-state index >= 15 is 0 Å². The first-order valence-corrected chi connectivity index (χ1v) is 5.83. The summed E-state index contributed by atoms with van der Waals surface area (Å²) in [6.45, 7) is 2.17. The van der Waals surface area contributed by atoms with Crippen molar-refractivity contribution in [3.63, 3.8) is 0 Å². The molecule has 7 nitrogen and oxygen atoms in total. The van der Waals surface area contributed by atoms with Gasteiger partial charge in [-0.05, 0) is 18.1 Å². The quantitative estimate of drug-likeness (QED) is 0.478. The summed E-state index contributed by atoms with van der Waals surface area (Å²) in [5.41, 5.74) is 18.5. The Balaban J connectivity index is 2.47. The van der Waals surface area contributed by atoms with Gasteiger partial charge in [0, 0.05) is 13.5 Å². The average molecular weight is 260 g/mol. The van der Waals surface area contributed by atoms with E-state index in [0.717, 1.165) is 17.7 Å². The first kappa shape index (κ1) is 12.9. The van der Waals surface area contributed by atoms with Gasteiger partial charge < -0.3 is 22.1 Å². The van der Waals surface area contributed by atoms with Gasteiger partial charge in [0.25, 0.3) is 0 Å². The molecule has 0 radical (unpaired) electrons. The van der Waals surface area contributed by atoms with Crippen molar-refractivity contribution in [3.8, 4) is 0 Å². The summed E-state index contributed by atoms with van der Waals surface area (Å²) in [5.74, 6) is -0.220. The van der Waals surface area contributed by atoms with E-state index in [0.29, 0.717) is 12.2 Å². The molecule has 1 aliphatic rings. The van der Waals surface area contributed by atoms with Crippen LogP contribution in [0.5, 0.6) is 0 Å². The molecule has 1 aromatic carbocycles. The number of nitrogens with two attached hydrogens (primary N) is 3. The zero-order valence-electron chi connectivity index (χ0n) is 10.6. The monoisotopic (exact) mass is 260 g/mol. The van der Waals surface area contributed by atoms with E-state index < -0.39 is 0 Å². The molecule has 0 aromatic heterocycles. The van der Waals surface area contributed by atoms with Crippen LogP contribution in [0.2, 0.25) is 0 Å². The highest BCUT2D eigenvalue weighted by atomic mass is 16.2. The molecule has 0 unspecified atom stereocenters. The predicted molar refractivity (Wildman–Crippen MR) is 75.3 cm³/mol. The molecule has 6 N–H and O–H groups in total. The molecular weight excluding hydrogens is 244 g/mol. The van der Waals surface area contributed by atoms with Crippen LogP contribution in [0.4, 0.5) is 11.4 Å². The van der Waals surface area contributed by atoms with E-state index in [2.05, 4.69) is 9.98 Å². The number of aliphatic imine (C=N–C) groups is 2. The summed E-state index contributed by atoms with van der Waals surface area (Å²) in [6, 6.07) is 5.60. The van der Waals surface area contributed by atoms with Crippen molar-refractivity contribution in [1.82, 2.24) is 0 Å². The lowest BCUT2D eigenvalue weighted by atomic mass is 10.1. The minimum absolute atomic E-state index is 0.0261. The Morgan fingerprint density at radius 2 is 2.05 bits per heavy atom. The fourth-order valence-corrected chi connectivity index (χ4v) is 2.12. The number of hydrogen-bond donors (Lipinski definition) is 3. The third-order valence-corrected chi connectivity index (χ3v) is 2.83. The number of para-hydroxylation sites is 1. The molecule has 0 bridgehead atoms. The summed E-state index contributed by atoms with van der Waals surface area (Å²) < 4.78 is 0. The smallest absolute Gasteiger partial charge is 0.223 e. The van der Waals surface area contributed by atoms with Crippen molar-refractivity contribution in [1.29, 1.82) is 0 Å².